The highest BCUT2D eigenvalue weighted by molar-refractivity contribution is 7.09. The molecule has 0 spiro atoms. The Bertz CT molecular complexity index is 349. The van der Waals surface area contributed by atoms with E-state index < -0.39 is 0 Å². The molecule has 96 valence electrons. The Morgan fingerprint density at radius 1 is 1.35 bits per heavy atom. The summed E-state index contributed by atoms with van der Waals surface area (Å²) in [4.78, 5) is 4.45. The number of nitrogens with one attached hydrogen (secondary N) is 1. The van der Waals surface area contributed by atoms with E-state index in [4.69, 9.17) is 0 Å². The maximum Gasteiger partial charge on any atom is 0.0930 e. The fourth-order valence-electron chi connectivity index (χ4n) is 2.28. The van der Waals surface area contributed by atoms with E-state index in [2.05, 4.69) is 43.4 Å². The first-order valence-corrected chi connectivity index (χ1v) is 7.40. The first-order valence-electron chi connectivity index (χ1n) is 6.52. The quantitative estimate of drug-likeness (QED) is 0.867. The molecule has 1 unspecified atom stereocenters. The molecular formula is C14H24N2S. The average Bonchev–Trinajstić information content (AvgIpc) is 2.97. The van der Waals surface area contributed by atoms with Crippen LogP contribution in [0.4, 0.5) is 0 Å². The lowest BCUT2D eigenvalue weighted by Gasteiger charge is -2.33. The van der Waals surface area contributed by atoms with Crippen LogP contribution in [-0.4, -0.2) is 17.1 Å². The van der Waals surface area contributed by atoms with E-state index in [0.717, 1.165) is 18.9 Å². The first-order chi connectivity index (χ1) is 7.89. The van der Waals surface area contributed by atoms with Crippen molar-refractivity contribution in [3.8, 4) is 0 Å². The zero-order valence-corrected chi connectivity index (χ0v) is 12.2. The lowest BCUT2D eigenvalue weighted by atomic mass is 9.81. The van der Waals surface area contributed by atoms with Crippen LogP contribution >= 0.6 is 11.3 Å². The van der Waals surface area contributed by atoms with Crippen LogP contribution in [0.2, 0.25) is 0 Å². The number of rotatable bonds is 5. The molecule has 0 saturated heterocycles. The van der Waals surface area contributed by atoms with Crippen molar-refractivity contribution in [1.29, 1.82) is 0 Å². The number of hydrogen-bond donors (Lipinski definition) is 1. The molecule has 1 aromatic heterocycles. The van der Waals surface area contributed by atoms with Gasteiger partial charge in [-0.3, -0.25) is 0 Å². The molecule has 1 heterocycles. The Hall–Kier alpha value is -0.410. The number of thiazole rings is 1. The summed E-state index contributed by atoms with van der Waals surface area (Å²) < 4.78 is 0. The van der Waals surface area contributed by atoms with Crippen molar-refractivity contribution in [3.05, 3.63) is 16.6 Å². The second-order valence-electron chi connectivity index (χ2n) is 6.63. The smallest absolute Gasteiger partial charge is 0.0930 e. The topological polar surface area (TPSA) is 24.9 Å². The first kappa shape index (κ1) is 13.0. The van der Waals surface area contributed by atoms with Gasteiger partial charge in [0.2, 0.25) is 0 Å². The summed E-state index contributed by atoms with van der Waals surface area (Å²) in [5, 5.41) is 7.04. The largest absolute Gasteiger partial charge is 0.312 e. The summed E-state index contributed by atoms with van der Waals surface area (Å²) in [6, 6.07) is 0. The van der Waals surface area contributed by atoms with Crippen molar-refractivity contribution >= 4 is 11.3 Å². The summed E-state index contributed by atoms with van der Waals surface area (Å²) in [5.74, 6) is 0.890. The molecule has 1 aliphatic rings. The van der Waals surface area contributed by atoms with Gasteiger partial charge < -0.3 is 5.32 Å². The molecule has 1 aromatic rings. The summed E-state index contributed by atoms with van der Waals surface area (Å²) in [6.07, 6.45) is 5.84. The van der Waals surface area contributed by atoms with Gasteiger partial charge in [-0.15, -0.1) is 11.3 Å². The summed E-state index contributed by atoms with van der Waals surface area (Å²) >= 11 is 1.79. The van der Waals surface area contributed by atoms with Crippen LogP contribution in [0.3, 0.4) is 0 Å². The van der Waals surface area contributed by atoms with E-state index in [0.29, 0.717) is 5.41 Å². The molecule has 0 amide bonds. The van der Waals surface area contributed by atoms with Crippen LogP contribution in [0.15, 0.2) is 11.6 Å². The van der Waals surface area contributed by atoms with E-state index in [1.54, 1.807) is 11.3 Å². The summed E-state index contributed by atoms with van der Waals surface area (Å²) in [7, 11) is 0. The van der Waals surface area contributed by atoms with Crippen LogP contribution in [0.1, 0.15) is 45.5 Å². The van der Waals surface area contributed by atoms with Crippen molar-refractivity contribution in [2.24, 2.45) is 11.3 Å². The van der Waals surface area contributed by atoms with Crippen LogP contribution in [0.25, 0.3) is 0 Å². The van der Waals surface area contributed by atoms with Crippen LogP contribution in [0.5, 0.6) is 0 Å². The molecular weight excluding hydrogens is 228 g/mol. The minimum Gasteiger partial charge on any atom is -0.312 e. The Kier molecular flexibility index (Phi) is 3.60. The van der Waals surface area contributed by atoms with E-state index in [-0.39, 0.29) is 5.54 Å². The lowest BCUT2D eigenvalue weighted by molar-refractivity contribution is 0.227. The van der Waals surface area contributed by atoms with Crippen LogP contribution < -0.4 is 5.32 Å². The van der Waals surface area contributed by atoms with Gasteiger partial charge in [-0.2, -0.15) is 0 Å². The molecule has 1 fully saturated rings. The lowest BCUT2D eigenvalue weighted by Crippen LogP contribution is -2.44. The Morgan fingerprint density at radius 2 is 2.06 bits per heavy atom. The van der Waals surface area contributed by atoms with Gasteiger partial charge in [0.05, 0.1) is 5.01 Å². The van der Waals surface area contributed by atoms with Gasteiger partial charge >= 0.3 is 0 Å². The van der Waals surface area contributed by atoms with E-state index in [1.165, 1.54) is 17.8 Å². The minimum absolute atomic E-state index is 0.207. The van der Waals surface area contributed by atoms with Crippen molar-refractivity contribution in [2.75, 3.05) is 6.54 Å². The molecule has 2 nitrogen and oxygen atoms in total. The monoisotopic (exact) mass is 252 g/mol. The molecule has 1 N–H and O–H groups in total. The molecule has 0 aromatic carbocycles. The van der Waals surface area contributed by atoms with Gasteiger partial charge in [-0.25, -0.2) is 4.98 Å². The van der Waals surface area contributed by atoms with Gasteiger partial charge in [-0.1, -0.05) is 6.92 Å². The Balaban J connectivity index is 1.99. The highest BCUT2D eigenvalue weighted by Gasteiger charge is 2.42. The normalized spacial score (nSPS) is 20.2. The molecule has 1 atom stereocenters. The van der Waals surface area contributed by atoms with Crippen molar-refractivity contribution < 1.29 is 0 Å². The van der Waals surface area contributed by atoms with Gasteiger partial charge in [0.15, 0.2) is 0 Å². The number of hydrogen-bond acceptors (Lipinski definition) is 3. The second kappa shape index (κ2) is 4.69. The molecule has 1 saturated carbocycles. The third-order valence-corrected chi connectivity index (χ3v) is 4.40. The van der Waals surface area contributed by atoms with E-state index in [9.17, 15) is 0 Å². The summed E-state index contributed by atoms with van der Waals surface area (Å²) in [6.45, 7) is 10.2. The van der Waals surface area contributed by atoms with Crippen molar-refractivity contribution in [2.45, 2.75) is 52.5 Å². The average molecular weight is 252 g/mol. The van der Waals surface area contributed by atoms with Gasteiger partial charge in [0, 0.05) is 30.1 Å². The Labute approximate surface area is 109 Å². The summed E-state index contributed by atoms with van der Waals surface area (Å²) in [5.41, 5.74) is 0.587. The highest BCUT2D eigenvalue weighted by Crippen LogP contribution is 2.47. The molecule has 0 bridgehead atoms. The third kappa shape index (κ3) is 3.78. The standard InChI is InChI=1S/C14H24N2S/c1-13(2,3)16-10-14(4,11-5-6-11)9-12-15-7-8-17-12/h7-8,11,16H,5-6,9-10H2,1-4H3. The predicted octanol–water partition coefficient (Wildman–Crippen LogP) is 3.49. The third-order valence-electron chi connectivity index (χ3n) is 3.62. The maximum absolute atomic E-state index is 4.45. The zero-order chi connectivity index (χ0) is 12.5. The van der Waals surface area contributed by atoms with Crippen LogP contribution in [0, 0.1) is 11.3 Å². The van der Waals surface area contributed by atoms with Crippen molar-refractivity contribution in [3.63, 3.8) is 0 Å². The number of aromatic nitrogens is 1. The molecule has 17 heavy (non-hydrogen) atoms. The molecule has 2 rings (SSSR count). The minimum atomic E-state index is 0.207. The SMILES string of the molecule is CC(C)(C)NCC(C)(Cc1nccs1)C1CC1. The maximum atomic E-state index is 4.45. The van der Waals surface area contributed by atoms with Gasteiger partial charge in [-0.05, 0) is 44.9 Å². The number of nitrogens with zero attached hydrogens (tertiary/aromatic N) is 1. The second-order valence-corrected chi connectivity index (χ2v) is 7.61. The fraction of sp³-hybridized carbons (Fsp3) is 0.786. The molecule has 3 heteroatoms. The van der Waals surface area contributed by atoms with Crippen LogP contribution in [-0.2, 0) is 6.42 Å². The van der Waals surface area contributed by atoms with E-state index in [1.807, 2.05) is 6.20 Å². The van der Waals surface area contributed by atoms with Gasteiger partial charge in [0.25, 0.3) is 0 Å². The molecule has 0 radical (unpaired) electrons. The molecule has 0 aliphatic heterocycles. The predicted molar refractivity (Wildman–Crippen MR) is 74.4 cm³/mol. The van der Waals surface area contributed by atoms with Crippen molar-refractivity contribution in [1.82, 2.24) is 10.3 Å². The van der Waals surface area contributed by atoms with Gasteiger partial charge in [0.1, 0.15) is 0 Å². The highest BCUT2D eigenvalue weighted by atomic mass is 32.1. The van der Waals surface area contributed by atoms with E-state index >= 15 is 0 Å². The zero-order valence-electron chi connectivity index (χ0n) is 11.4. The fourth-order valence-corrected chi connectivity index (χ4v) is 3.10. The molecule has 1 aliphatic carbocycles. The Morgan fingerprint density at radius 3 is 2.53 bits per heavy atom.